The molecule has 4 nitrogen and oxygen atoms in total. The lowest BCUT2D eigenvalue weighted by molar-refractivity contribution is 0.625. The molecule has 0 amide bonds. The van der Waals surface area contributed by atoms with Gasteiger partial charge in [-0.2, -0.15) is 5.26 Å². The molecule has 7 heteroatoms. The summed E-state index contributed by atoms with van der Waals surface area (Å²) in [5.41, 5.74) is 0.728. The van der Waals surface area contributed by atoms with E-state index in [1.54, 1.807) is 6.92 Å². The summed E-state index contributed by atoms with van der Waals surface area (Å²) in [4.78, 5) is 19.2. The van der Waals surface area contributed by atoms with E-state index in [0.717, 1.165) is 6.07 Å². The topological polar surface area (TPSA) is 69.5 Å². The Hall–Kier alpha value is -1.84. The van der Waals surface area contributed by atoms with Gasteiger partial charge in [0.25, 0.3) is 5.56 Å². The lowest BCUT2D eigenvalue weighted by atomic mass is 9.94. The first-order chi connectivity index (χ1) is 10.8. The van der Waals surface area contributed by atoms with Crippen molar-refractivity contribution in [2.75, 3.05) is 0 Å². The van der Waals surface area contributed by atoms with Gasteiger partial charge in [-0.15, -0.1) is 0 Å². The zero-order valence-electron chi connectivity index (χ0n) is 12.9. The molecule has 2 rings (SSSR count). The summed E-state index contributed by atoms with van der Waals surface area (Å²) in [6.07, 6.45) is 0. The number of thioether (sulfide) groups is 1. The fourth-order valence-electron chi connectivity index (χ4n) is 2.12. The number of aromatic amines is 1. The Morgan fingerprint density at radius 1 is 1.39 bits per heavy atom. The highest BCUT2D eigenvalue weighted by Gasteiger charge is 2.21. The Labute approximate surface area is 142 Å². The van der Waals surface area contributed by atoms with Crippen LogP contribution in [0.1, 0.15) is 36.6 Å². The number of hydrogen-bond acceptors (Lipinski definition) is 4. The van der Waals surface area contributed by atoms with E-state index in [1.807, 2.05) is 13.8 Å². The molecule has 1 aromatic carbocycles. The molecule has 2 aromatic rings. The van der Waals surface area contributed by atoms with Crippen LogP contribution >= 0.6 is 23.4 Å². The molecule has 0 fully saturated rings. The van der Waals surface area contributed by atoms with Crippen LogP contribution in [0.2, 0.25) is 5.02 Å². The molecule has 0 bridgehead atoms. The number of hydrogen-bond donors (Lipinski definition) is 1. The zero-order chi connectivity index (χ0) is 17.1. The third kappa shape index (κ3) is 4.12. The molecule has 1 N–H and O–H groups in total. The van der Waals surface area contributed by atoms with Crippen LogP contribution < -0.4 is 5.56 Å². The molecule has 23 heavy (non-hydrogen) atoms. The quantitative estimate of drug-likeness (QED) is 0.667. The largest absolute Gasteiger partial charge is 0.301 e. The highest BCUT2D eigenvalue weighted by molar-refractivity contribution is 7.99. The molecular formula is C16H15ClFN3OS. The zero-order valence-corrected chi connectivity index (χ0v) is 14.4. The molecule has 0 radical (unpaired) electrons. The average Bonchev–Trinajstić information content (AvgIpc) is 2.43. The van der Waals surface area contributed by atoms with E-state index in [-0.39, 0.29) is 15.8 Å². The van der Waals surface area contributed by atoms with Gasteiger partial charge in [0.15, 0.2) is 5.16 Å². The number of nitrogens with one attached hydrogen (secondary N) is 1. The van der Waals surface area contributed by atoms with Crippen molar-refractivity contribution >= 4 is 23.4 Å². The maximum absolute atomic E-state index is 13.6. The number of aromatic nitrogens is 2. The smallest absolute Gasteiger partial charge is 0.254 e. The number of nitriles is 1. The van der Waals surface area contributed by atoms with E-state index < -0.39 is 11.7 Å². The van der Waals surface area contributed by atoms with Crippen molar-refractivity contribution in [3.8, 4) is 6.07 Å². The molecule has 0 saturated heterocycles. The van der Waals surface area contributed by atoms with Crippen molar-refractivity contribution in [2.24, 2.45) is 0 Å². The van der Waals surface area contributed by atoms with E-state index in [1.165, 1.54) is 23.9 Å². The Kier molecular flexibility index (Phi) is 5.45. The summed E-state index contributed by atoms with van der Waals surface area (Å²) in [6.45, 7) is 5.53. The first-order valence-corrected chi connectivity index (χ1v) is 8.20. The van der Waals surface area contributed by atoms with Crippen molar-refractivity contribution in [1.82, 2.24) is 9.97 Å². The molecule has 1 aromatic heterocycles. The highest BCUT2D eigenvalue weighted by Crippen LogP contribution is 2.28. The average molecular weight is 352 g/mol. The molecule has 1 unspecified atom stereocenters. The summed E-state index contributed by atoms with van der Waals surface area (Å²) >= 11 is 7.26. The predicted molar refractivity (Wildman–Crippen MR) is 89.5 cm³/mol. The minimum absolute atomic E-state index is 0.194. The minimum Gasteiger partial charge on any atom is -0.301 e. The molecule has 0 spiro atoms. The Morgan fingerprint density at radius 2 is 2.09 bits per heavy atom. The Balaban J connectivity index is 2.59. The van der Waals surface area contributed by atoms with Gasteiger partial charge in [0.05, 0.1) is 11.8 Å². The summed E-state index contributed by atoms with van der Waals surface area (Å²) in [5, 5.41) is 10.4. The fourth-order valence-corrected chi connectivity index (χ4v) is 3.10. The summed E-state index contributed by atoms with van der Waals surface area (Å²) in [5.74, 6) is -1.40. The van der Waals surface area contributed by atoms with Gasteiger partial charge >= 0.3 is 0 Å². The number of benzene rings is 1. The summed E-state index contributed by atoms with van der Waals surface area (Å²) in [6, 6.07) is 6.00. The van der Waals surface area contributed by atoms with Crippen molar-refractivity contribution < 1.29 is 4.39 Å². The third-order valence-corrected chi connectivity index (χ3v) is 4.24. The van der Waals surface area contributed by atoms with Crippen LogP contribution in [0.15, 0.2) is 28.2 Å². The molecule has 0 aliphatic heterocycles. The summed E-state index contributed by atoms with van der Waals surface area (Å²) < 4.78 is 13.6. The monoisotopic (exact) mass is 351 g/mol. The number of halogens is 2. The van der Waals surface area contributed by atoms with Crippen molar-refractivity contribution in [3.05, 3.63) is 56.2 Å². The molecule has 0 saturated carbocycles. The second kappa shape index (κ2) is 7.16. The Bertz CT molecular complexity index is 809. The maximum atomic E-state index is 13.6. The van der Waals surface area contributed by atoms with Crippen LogP contribution in [-0.2, 0) is 0 Å². The molecule has 1 atom stereocenters. The minimum atomic E-state index is -0.864. The van der Waals surface area contributed by atoms with Gasteiger partial charge < -0.3 is 4.98 Å². The first kappa shape index (κ1) is 17.5. The standard InChI is InChI=1S/C16H15ClFN3OS/c1-8(2)23-16-20-14(9(3)15(22)21-16)13(7-19)10-4-11(17)6-12(18)5-10/h4-6,8,13H,1-3H3,(H,20,21,22). The van der Waals surface area contributed by atoms with Gasteiger partial charge in [0.2, 0.25) is 0 Å². The van der Waals surface area contributed by atoms with Crippen molar-refractivity contribution in [2.45, 2.75) is 37.1 Å². The maximum Gasteiger partial charge on any atom is 0.254 e. The van der Waals surface area contributed by atoms with Crippen LogP contribution in [0.25, 0.3) is 0 Å². The molecule has 0 aliphatic rings. The molecule has 0 aliphatic carbocycles. The van der Waals surface area contributed by atoms with Crippen molar-refractivity contribution in [1.29, 1.82) is 5.26 Å². The first-order valence-electron chi connectivity index (χ1n) is 6.95. The summed E-state index contributed by atoms with van der Waals surface area (Å²) in [7, 11) is 0. The molecule has 120 valence electrons. The van der Waals surface area contributed by atoms with E-state index in [9.17, 15) is 14.4 Å². The Morgan fingerprint density at radius 3 is 2.65 bits per heavy atom. The molecule has 1 heterocycles. The predicted octanol–water partition coefficient (Wildman–Crippen LogP) is 4.03. The second-order valence-corrected chi connectivity index (χ2v) is 7.31. The van der Waals surface area contributed by atoms with E-state index in [2.05, 4.69) is 16.0 Å². The van der Waals surface area contributed by atoms with Gasteiger partial charge in [-0.3, -0.25) is 4.79 Å². The van der Waals surface area contributed by atoms with Crippen LogP contribution in [-0.4, -0.2) is 15.2 Å². The normalized spacial score (nSPS) is 12.2. The van der Waals surface area contributed by atoms with Crippen LogP contribution in [0.3, 0.4) is 0 Å². The number of H-pyrrole nitrogens is 1. The van der Waals surface area contributed by atoms with Gasteiger partial charge in [0.1, 0.15) is 11.7 Å². The fraction of sp³-hybridized carbons (Fsp3) is 0.312. The lowest BCUT2D eigenvalue weighted by Crippen LogP contribution is -2.18. The van der Waals surface area contributed by atoms with Gasteiger partial charge in [-0.25, -0.2) is 9.37 Å². The molecular weight excluding hydrogens is 337 g/mol. The third-order valence-electron chi connectivity index (χ3n) is 3.14. The van der Waals surface area contributed by atoms with Gasteiger partial charge in [0, 0.05) is 15.8 Å². The van der Waals surface area contributed by atoms with Crippen molar-refractivity contribution in [3.63, 3.8) is 0 Å². The van der Waals surface area contributed by atoms with Gasteiger partial charge in [-0.05, 0) is 30.7 Å². The van der Waals surface area contributed by atoms with Gasteiger partial charge in [-0.1, -0.05) is 37.2 Å². The van der Waals surface area contributed by atoms with Crippen LogP contribution in [0.4, 0.5) is 4.39 Å². The van der Waals surface area contributed by atoms with Crippen LogP contribution in [0, 0.1) is 24.1 Å². The second-order valence-electron chi connectivity index (χ2n) is 5.31. The number of rotatable bonds is 4. The lowest BCUT2D eigenvalue weighted by Gasteiger charge is -2.14. The SMILES string of the molecule is Cc1c(C(C#N)c2cc(F)cc(Cl)c2)nc(SC(C)C)[nH]c1=O. The number of nitrogens with zero attached hydrogens (tertiary/aromatic N) is 2. The van der Waals surface area contributed by atoms with E-state index in [4.69, 9.17) is 11.6 Å². The van der Waals surface area contributed by atoms with Crippen LogP contribution in [0.5, 0.6) is 0 Å². The highest BCUT2D eigenvalue weighted by atomic mass is 35.5. The van der Waals surface area contributed by atoms with E-state index >= 15 is 0 Å². The van der Waals surface area contributed by atoms with E-state index in [0.29, 0.717) is 22.0 Å².